The number of allylic oxidation sites excluding steroid dienone is 3. The lowest BCUT2D eigenvalue weighted by molar-refractivity contribution is 0.0733. The highest BCUT2D eigenvalue weighted by Crippen LogP contribution is 2.39. The number of ketones is 1. The number of hydrogen-bond donors (Lipinski definition) is 0. The van der Waals surface area contributed by atoms with Crippen LogP contribution in [0.1, 0.15) is 31.8 Å². The highest BCUT2D eigenvalue weighted by atomic mass is 35.5. The van der Waals surface area contributed by atoms with E-state index < -0.39 is 5.97 Å². The van der Waals surface area contributed by atoms with Crippen molar-refractivity contribution in [2.24, 2.45) is 0 Å². The van der Waals surface area contributed by atoms with Gasteiger partial charge < -0.3 is 9.47 Å². The summed E-state index contributed by atoms with van der Waals surface area (Å²) in [6.07, 6.45) is 5.29. The van der Waals surface area contributed by atoms with Crippen LogP contribution in [0.15, 0.2) is 84.6 Å². The van der Waals surface area contributed by atoms with E-state index in [9.17, 15) is 9.59 Å². The van der Waals surface area contributed by atoms with Gasteiger partial charge in [-0.1, -0.05) is 54.1 Å². The molecule has 0 unspecified atom stereocenters. The van der Waals surface area contributed by atoms with Crippen molar-refractivity contribution in [1.29, 1.82) is 0 Å². The van der Waals surface area contributed by atoms with E-state index >= 15 is 0 Å². The minimum Gasteiger partial charge on any atom is -0.452 e. The van der Waals surface area contributed by atoms with Gasteiger partial charge in [-0.25, -0.2) is 4.79 Å². The van der Waals surface area contributed by atoms with E-state index in [4.69, 9.17) is 21.1 Å². The van der Waals surface area contributed by atoms with E-state index in [0.717, 1.165) is 5.56 Å². The number of esters is 1. The summed E-state index contributed by atoms with van der Waals surface area (Å²) in [5.74, 6) is 0.242. The van der Waals surface area contributed by atoms with Crippen molar-refractivity contribution in [2.75, 3.05) is 0 Å². The van der Waals surface area contributed by atoms with Gasteiger partial charge in [-0.3, -0.25) is 4.79 Å². The van der Waals surface area contributed by atoms with Crippen LogP contribution in [0.25, 0.3) is 6.08 Å². The molecule has 3 aromatic rings. The van der Waals surface area contributed by atoms with Crippen molar-refractivity contribution in [2.45, 2.75) is 6.92 Å². The molecule has 0 fully saturated rings. The average molecular weight is 417 g/mol. The molecule has 0 N–H and O–H groups in total. The van der Waals surface area contributed by atoms with Crippen molar-refractivity contribution in [1.82, 2.24) is 0 Å². The molecule has 4 rings (SSSR count). The number of carbonyl (C=O) groups is 2. The zero-order chi connectivity index (χ0) is 21.1. The predicted octanol–water partition coefficient (Wildman–Crippen LogP) is 6.04. The van der Waals surface area contributed by atoms with Gasteiger partial charge in [-0.15, -0.1) is 0 Å². The van der Waals surface area contributed by atoms with Crippen LogP contribution in [0.3, 0.4) is 0 Å². The van der Waals surface area contributed by atoms with Crippen molar-refractivity contribution in [3.05, 3.63) is 112 Å². The largest absolute Gasteiger partial charge is 0.452 e. The molecule has 0 saturated carbocycles. The van der Waals surface area contributed by atoms with E-state index in [1.54, 1.807) is 55.5 Å². The van der Waals surface area contributed by atoms with Crippen LogP contribution in [0, 0.1) is 6.92 Å². The van der Waals surface area contributed by atoms with Crippen molar-refractivity contribution >= 4 is 29.4 Å². The molecule has 5 heteroatoms. The molecule has 0 saturated heterocycles. The first kappa shape index (κ1) is 19.7. The molecular weight excluding hydrogens is 400 g/mol. The lowest BCUT2D eigenvalue weighted by Gasteiger charge is -2.10. The van der Waals surface area contributed by atoms with Gasteiger partial charge in [0.1, 0.15) is 11.5 Å². The summed E-state index contributed by atoms with van der Waals surface area (Å²) in [7, 11) is 0. The topological polar surface area (TPSA) is 52.6 Å². The van der Waals surface area contributed by atoms with Crippen LogP contribution >= 0.6 is 11.6 Å². The van der Waals surface area contributed by atoms with Gasteiger partial charge in [0.05, 0.1) is 11.1 Å². The normalized spacial score (nSPS) is 14.1. The molecule has 0 aliphatic carbocycles. The number of halogens is 1. The van der Waals surface area contributed by atoms with Gasteiger partial charge >= 0.3 is 5.97 Å². The molecule has 30 heavy (non-hydrogen) atoms. The average Bonchev–Trinajstić information content (AvgIpc) is 3.08. The van der Waals surface area contributed by atoms with Crippen molar-refractivity contribution in [3.8, 4) is 11.5 Å². The first-order valence-corrected chi connectivity index (χ1v) is 9.68. The van der Waals surface area contributed by atoms with Gasteiger partial charge in [0.25, 0.3) is 0 Å². The summed E-state index contributed by atoms with van der Waals surface area (Å²) in [5.41, 5.74) is 2.42. The Morgan fingerprint density at radius 2 is 1.73 bits per heavy atom. The van der Waals surface area contributed by atoms with Gasteiger partial charge in [-0.05, 0) is 55.0 Å². The van der Waals surface area contributed by atoms with Gasteiger partial charge in [-0.2, -0.15) is 0 Å². The molecule has 0 aromatic heterocycles. The SMILES string of the molecule is Cc1c(OC(=O)c2ccc(Cl)cc2)ccc2c1O/C(=C\C=C\c1ccccc1)C2=O. The quantitative estimate of drug-likeness (QED) is 0.295. The van der Waals surface area contributed by atoms with E-state index in [0.29, 0.717) is 33.2 Å². The van der Waals surface area contributed by atoms with E-state index in [1.807, 2.05) is 36.4 Å². The number of benzene rings is 3. The lowest BCUT2D eigenvalue weighted by atomic mass is 10.1. The van der Waals surface area contributed by atoms with Gasteiger partial charge in [0.2, 0.25) is 5.78 Å². The molecule has 0 atom stereocenters. The Morgan fingerprint density at radius 3 is 2.47 bits per heavy atom. The third kappa shape index (κ3) is 4.04. The van der Waals surface area contributed by atoms with Crippen LogP contribution in [0.5, 0.6) is 11.5 Å². The second kappa shape index (κ2) is 8.39. The molecule has 3 aromatic carbocycles. The third-order valence-electron chi connectivity index (χ3n) is 4.66. The maximum Gasteiger partial charge on any atom is 0.343 e. The predicted molar refractivity (Wildman–Crippen MR) is 116 cm³/mol. The Morgan fingerprint density at radius 1 is 1.00 bits per heavy atom. The molecule has 0 bridgehead atoms. The van der Waals surface area contributed by atoms with E-state index in [2.05, 4.69) is 0 Å². The molecular formula is C25H17ClO4. The zero-order valence-electron chi connectivity index (χ0n) is 16.1. The molecule has 1 aliphatic rings. The second-order valence-electron chi connectivity index (χ2n) is 6.69. The zero-order valence-corrected chi connectivity index (χ0v) is 16.8. The number of fused-ring (bicyclic) bond motifs is 1. The van der Waals surface area contributed by atoms with E-state index in [-0.39, 0.29) is 11.5 Å². The second-order valence-corrected chi connectivity index (χ2v) is 7.13. The Balaban J connectivity index is 1.54. The Hall–Kier alpha value is -3.63. The van der Waals surface area contributed by atoms with Crippen LogP contribution in [0.4, 0.5) is 0 Å². The Labute approximate surface area is 179 Å². The number of hydrogen-bond acceptors (Lipinski definition) is 4. The molecule has 1 aliphatic heterocycles. The minimum absolute atomic E-state index is 0.207. The third-order valence-corrected chi connectivity index (χ3v) is 4.91. The van der Waals surface area contributed by atoms with E-state index in [1.165, 1.54) is 0 Å². The summed E-state index contributed by atoms with van der Waals surface area (Å²) < 4.78 is 11.3. The molecule has 4 nitrogen and oxygen atoms in total. The molecule has 0 amide bonds. The summed E-state index contributed by atoms with van der Waals surface area (Å²) in [6, 6.07) is 19.4. The fraction of sp³-hybridized carbons (Fsp3) is 0.0400. The number of carbonyl (C=O) groups excluding carboxylic acids is 2. The fourth-order valence-corrected chi connectivity index (χ4v) is 3.17. The molecule has 1 heterocycles. The van der Waals surface area contributed by atoms with Crippen molar-refractivity contribution < 1.29 is 19.1 Å². The maximum absolute atomic E-state index is 12.6. The summed E-state index contributed by atoms with van der Waals surface area (Å²) in [5, 5.41) is 0.535. The van der Waals surface area contributed by atoms with Crippen LogP contribution in [-0.4, -0.2) is 11.8 Å². The maximum atomic E-state index is 12.6. The van der Waals surface area contributed by atoms with Crippen LogP contribution in [0.2, 0.25) is 5.02 Å². The number of Topliss-reactive ketones (excluding diaryl/α,β-unsaturated/α-hetero) is 1. The first-order chi connectivity index (χ1) is 14.5. The van der Waals surface area contributed by atoms with Crippen molar-refractivity contribution in [3.63, 3.8) is 0 Å². The highest BCUT2D eigenvalue weighted by Gasteiger charge is 2.30. The first-order valence-electron chi connectivity index (χ1n) is 9.30. The summed E-state index contributed by atoms with van der Waals surface area (Å²) in [4.78, 5) is 25.0. The Bertz CT molecular complexity index is 1180. The molecule has 0 spiro atoms. The standard InChI is InChI=1S/C25H17ClO4/c1-16-21(30-25(28)18-10-12-19(26)13-11-18)15-14-20-23(27)22(29-24(16)20)9-5-8-17-6-3-2-4-7-17/h2-15H,1H3/b8-5+,22-9-. The number of rotatable bonds is 4. The summed E-state index contributed by atoms with van der Waals surface area (Å²) in [6.45, 7) is 1.75. The molecule has 0 radical (unpaired) electrons. The number of ether oxygens (including phenoxy) is 2. The Kier molecular flexibility index (Phi) is 5.50. The highest BCUT2D eigenvalue weighted by molar-refractivity contribution is 6.30. The monoisotopic (exact) mass is 416 g/mol. The molecule has 148 valence electrons. The van der Waals surface area contributed by atoms with Crippen LogP contribution < -0.4 is 9.47 Å². The van der Waals surface area contributed by atoms with Crippen LogP contribution in [-0.2, 0) is 0 Å². The smallest absolute Gasteiger partial charge is 0.343 e. The summed E-state index contributed by atoms with van der Waals surface area (Å²) >= 11 is 5.85. The lowest BCUT2D eigenvalue weighted by Crippen LogP contribution is -2.09. The van der Waals surface area contributed by atoms with Gasteiger partial charge in [0.15, 0.2) is 5.76 Å². The minimum atomic E-state index is -0.513. The van der Waals surface area contributed by atoms with Gasteiger partial charge in [0, 0.05) is 10.6 Å². The fourth-order valence-electron chi connectivity index (χ4n) is 3.05.